The van der Waals surface area contributed by atoms with Gasteiger partial charge in [-0.15, -0.1) is 0 Å². The first-order chi connectivity index (χ1) is 9.67. The number of benzene rings is 1. The number of anilines is 1. The van der Waals surface area contributed by atoms with Crippen molar-refractivity contribution >= 4 is 23.3 Å². The molecule has 0 unspecified atom stereocenters. The molecule has 0 radical (unpaired) electrons. The third-order valence-electron chi connectivity index (χ3n) is 2.22. The predicted octanol–water partition coefficient (Wildman–Crippen LogP) is 1.97. The third-order valence-corrected chi connectivity index (χ3v) is 2.22. The second kappa shape index (κ2) is 8.68. The van der Waals surface area contributed by atoms with Crippen LogP contribution >= 0.6 is 0 Å². The van der Waals surface area contributed by atoms with Crippen molar-refractivity contribution < 1.29 is 19.1 Å². The van der Waals surface area contributed by atoms with Crippen LogP contribution < -0.4 is 5.43 Å². The number of esters is 2. The Bertz CT molecular complexity index is 471. The van der Waals surface area contributed by atoms with Gasteiger partial charge in [0.15, 0.2) is 5.71 Å². The molecule has 6 nitrogen and oxygen atoms in total. The fourth-order valence-corrected chi connectivity index (χ4v) is 1.37. The van der Waals surface area contributed by atoms with Crippen LogP contribution in [-0.2, 0) is 19.1 Å². The summed E-state index contributed by atoms with van der Waals surface area (Å²) in [4.78, 5) is 23.1. The molecular formula is C14H18N2O4. The summed E-state index contributed by atoms with van der Waals surface area (Å²) in [6.45, 7) is 3.85. The van der Waals surface area contributed by atoms with Crippen LogP contribution in [0.1, 0.15) is 20.3 Å². The van der Waals surface area contributed by atoms with Crippen LogP contribution in [0, 0.1) is 0 Å². The van der Waals surface area contributed by atoms with Gasteiger partial charge in [0.2, 0.25) is 0 Å². The summed E-state index contributed by atoms with van der Waals surface area (Å²) in [5.74, 6) is -1.15. The highest BCUT2D eigenvalue weighted by molar-refractivity contribution is 6.39. The van der Waals surface area contributed by atoms with Crippen molar-refractivity contribution in [2.24, 2.45) is 5.10 Å². The Morgan fingerprint density at radius 2 is 1.75 bits per heavy atom. The van der Waals surface area contributed by atoms with E-state index in [0.29, 0.717) is 5.69 Å². The molecule has 0 spiro atoms. The van der Waals surface area contributed by atoms with Crippen molar-refractivity contribution in [3.63, 3.8) is 0 Å². The quantitative estimate of drug-likeness (QED) is 0.469. The number of carbonyl (C=O) groups is 2. The number of nitrogens with one attached hydrogen (secondary N) is 1. The number of rotatable bonds is 7. The number of ether oxygens (including phenoxy) is 2. The second-order valence-corrected chi connectivity index (χ2v) is 3.74. The Kier molecular flexibility index (Phi) is 6.81. The Labute approximate surface area is 117 Å². The number of para-hydroxylation sites is 1. The van der Waals surface area contributed by atoms with Gasteiger partial charge in [-0.2, -0.15) is 5.10 Å². The molecule has 108 valence electrons. The Balaban J connectivity index is 2.75. The van der Waals surface area contributed by atoms with Gasteiger partial charge >= 0.3 is 11.9 Å². The lowest BCUT2D eigenvalue weighted by Crippen LogP contribution is -2.23. The van der Waals surface area contributed by atoms with Crippen molar-refractivity contribution in [1.29, 1.82) is 0 Å². The average Bonchev–Trinajstić information content (AvgIpc) is 2.45. The molecule has 0 aliphatic carbocycles. The van der Waals surface area contributed by atoms with Crippen LogP contribution in [0.5, 0.6) is 0 Å². The van der Waals surface area contributed by atoms with Gasteiger partial charge < -0.3 is 9.47 Å². The molecule has 0 aliphatic heterocycles. The fourth-order valence-electron chi connectivity index (χ4n) is 1.37. The molecular weight excluding hydrogens is 260 g/mol. The molecule has 0 aromatic heterocycles. The smallest absolute Gasteiger partial charge is 0.355 e. The van der Waals surface area contributed by atoms with Crippen molar-refractivity contribution in [2.45, 2.75) is 20.3 Å². The molecule has 1 aromatic rings. The first kappa shape index (κ1) is 15.7. The van der Waals surface area contributed by atoms with E-state index in [0.717, 1.165) is 0 Å². The first-order valence-corrected chi connectivity index (χ1v) is 6.37. The topological polar surface area (TPSA) is 77.0 Å². The van der Waals surface area contributed by atoms with Gasteiger partial charge in [0.1, 0.15) is 0 Å². The normalized spacial score (nSPS) is 10.8. The highest BCUT2D eigenvalue weighted by atomic mass is 16.5. The summed E-state index contributed by atoms with van der Waals surface area (Å²) < 4.78 is 9.65. The van der Waals surface area contributed by atoms with Gasteiger partial charge in [0.25, 0.3) is 0 Å². The maximum Gasteiger partial charge on any atom is 0.355 e. The lowest BCUT2D eigenvalue weighted by atomic mass is 10.3. The summed E-state index contributed by atoms with van der Waals surface area (Å²) >= 11 is 0. The average molecular weight is 278 g/mol. The minimum absolute atomic E-state index is 0.0193. The van der Waals surface area contributed by atoms with Gasteiger partial charge in [0.05, 0.1) is 25.3 Å². The molecule has 0 amide bonds. The third kappa shape index (κ3) is 5.51. The molecule has 1 aromatic carbocycles. The van der Waals surface area contributed by atoms with Gasteiger partial charge in [-0.1, -0.05) is 18.2 Å². The molecule has 1 N–H and O–H groups in total. The lowest BCUT2D eigenvalue weighted by Gasteiger charge is -2.07. The minimum Gasteiger partial charge on any atom is -0.466 e. The molecule has 0 bridgehead atoms. The van der Waals surface area contributed by atoms with Crippen LogP contribution in [0.2, 0.25) is 0 Å². The van der Waals surface area contributed by atoms with E-state index in [2.05, 4.69) is 10.5 Å². The lowest BCUT2D eigenvalue weighted by molar-refractivity contribution is -0.143. The van der Waals surface area contributed by atoms with E-state index >= 15 is 0 Å². The Morgan fingerprint density at radius 1 is 1.10 bits per heavy atom. The molecule has 0 atom stereocenters. The van der Waals surface area contributed by atoms with E-state index in [4.69, 9.17) is 9.47 Å². The van der Waals surface area contributed by atoms with Gasteiger partial charge in [0, 0.05) is 0 Å². The molecule has 1 rings (SSSR count). The van der Waals surface area contributed by atoms with E-state index < -0.39 is 11.9 Å². The van der Waals surface area contributed by atoms with Crippen molar-refractivity contribution in [3.8, 4) is 0 Å². The van der Waals surface area contributed by atoms with E-state index in [1.54, 1.807) is 26.0 Å². The first-order valence-electron chi connectivity index (χ1n) is 6.37. The zero-order chi connectivity index (χ0) is 14.8. The number of carbonyl (C=O) groups excluding carboxylic acids is 2. The summed E-state index contributed by atoms with van der Waals surface area (Å²) in [5, 5.41) is 3.93. The predicted molar refractivity (Wildman–Crippen MR) is 75.4 cm³/mol. The van der Waals surface area contributed by atoms with Crippen LogP contribution in [0.25, 0.3) is 0 Å². The van der Waals surface area contributed by atoms with Gasteiger partial charge in [-0.3, -0.25) is 10.2 Å². The standard InChI is InChI=1S/C14H18N2O4/c1-3-19-13(17)10-12(14(18)20-4-2)16-15-11-8-6-5-7-9-11/h5-9,15H,3-4,10H2,1-2H3/b16-12-. The zero-order valence-electron chi connectivity index (χ0n) is 11.6. The maximum atomic E-state index is 11.7. The number of hydrazone groups is 1. The highest BCUT2D eigenvalue weighted by Gasteiger charge is 2.18. The number of nitrogens with zero attached hydrogens (tertiary/aromatic N) is 1. The monoisotopic (exact) mass is 278 g/mol. The zero-order valence-corrected chi connectivity index (χ0v) is 11.6. The summed E-state index contributed by atoms with van der Waals surface area (Å²) in [6.07, 6.45) is -0.230. The Morgan fingerprint density at radius 3 is 2.35 bits per heavy atom. The molecule has 0 saturated carbocycles. The van der Waals surface area contributed by atoms with Crippen molar-refractivity contribution in [2.75, 3.05) is 18.6 Å². The van der Waals surface area contributed by atoms with E-state index in [9.17, 15) is 9.59 Å². The van der Waals surface area contributed by atoms with E-state index in [1.807, 2.05) is 18.2 Å². The number of hydrogen-bond acceptors (Lipinski definition) is 6. The van der Waals surface area contributed by atoms with Crippen LogP contribution in [0.4, 0.5) is 5.69 Å². The van der Waals surface area contributed by atoms with E-state index in [1.165, 1.54) is 0 Å². The molecule has 0 heterocycles. The van der Waals surface area contributed by atoms with Crippen LogP contribution in [0.3, 0.4) is 0 Å². The maximum absolute atomic E-state index is 11.7. The molecule has 0 fully saturated rings. The fraction of sp³-hybridized carbons (Fsp3) is 0.357. The minimum atomic E-state index is -0.635. The molecule has 20 heavy (non-hydrogen) atoms. The molecule has 0 aliphatic rings. The summed E-state index contributed by atoms with van der Waals surface area (Å²) in [5.41, 5.74) is 3.40. The van der Waals surface area contributed by atoms with Crippen molar-refractivity contribution in [3.05, 3.63) is 30.3 Å². The summed E-state index contributed by atoms with van der Waals surface area (Å²) in [6, 6.07) is 9.09. The second-order valence-electron chi connectivity index (χ2n) is 3.74. The molecule has 6 heteroatoms. The Hall–Kier alpha value is -2.37. The summed E-state index contributed by atoms with van der Waals surface area (Å²) in [7, 11) is 0. The largest absolute Gasteiger partial charge is 0.466 e. The van der Waals surface area contributed by atoms with Gasteiger partial charge in [-0.05, 0) is 26.0 Å². The van der Waals surface area contributed by atoms with Gasteiger partial charge in [-0.25, -0.2) is 4.79 Å². The number of hydrogen-bond donors (Lipinski definition) is 1. The van der Waals surface area contributed by atoms with E-state index in [-0.39, 0.29) is 25.3 Å². The molecule has 0 saturated heterocycles. The SMILES string of the molecule is CCOC(=O)C/C(=N/Nc1ccccc1)C(=O)OCC. The van der Waals surface area contributed by atoms with Crippen molar-refractivity contribution in [1.82, 2.24) is 0 Å². The van der Waals surface area contributed by atoms with Crippen LogP contribution in [0.15, 0.2) is 35.4 Å². The highest BCUT2D eigenvalue weighted by Crippen LogP contribution is 2.05. The van der Waals surface area contributed by atoms with Crippen LogP contribution in [-0.4, -0.2) is 30.9 Å².